The first kappa shape index (κ1) is 13.1. The molecule has 1 amide bonds. The lowest BCUT2D eigenvalue weighted by Gasteiger charge is -2.03. The zero-order valence-electron chi connectivity index (χ0n) is 9.84. The number of thioether (sulfide) groups is 1. The Balaban J connectivity index is 2.03. The van der Waals surface area contributed by atoms with Crippen LogP contribution in [-0.4, -0.2) is 10.9 Å². The molecule has 0 radical (unpaired) electrons. The Hall–Kier alpha value is -1.37. The molecule has 6 heteroatoms. The lowest BCUT2D eigenvalue weighted by Crippen LogP contribution is -2.29. The molecule has 0 bridgehead atoms. The summed E-state index contributed by atoms with van der Waals surface area (Å²) in [6.07, 6.45) is 0. The number of benzene rings is 1. The maximum absolute atomic E-state index is 11.4. The number of hydrazine groups is 1. The highest BCUT2D eigenvalue weighted by molar-refractivity contribution is 8.00. The van der Waals surface area contributed by atoms with E-state index in [0.717, 1.165) is 21.3 Å². The summed E-state index contributed by atoms with van der Waals surface area (Å²) in [6.45, 7) is 1.98. The van der Waals surface area contributed by atoms with Gasteiger partial charge in [0.05, 0.1) is 0 Å². The summed E-state index contributed by atoms with van der Waals surface area (Å²) in [7, 11) is 0. The molecule has 0 unspecified atom stereocenters. The van der Waals surface area contributed by atoms with Crippen LogP contribution < -0.4 is 11.3 Å². The smallest absolute Gasteiger partial charge is 0.265 e. The molecule has 0 fully saturated rings. The topological polar surface area (TPSA) is 68.0 Å². The molecule has 0 aliphatic heterocycles. The summed E-state index contributed by atoms with van der Waals surface area (Å²) in [4.78, 5) is 15.8. The van der Waals surface area contributed by atoms with Gasteiger partial charge in [0.15, 0.2) is 0 Å². The van der Waals surface area contributed by atoms with Crippen LogP contribution >= 0.6 is 23.1 Å². The number of nitrogen functional groups attached to an aromatic ring is 1. The van der Waals surface area contributed by atoms with E-state index >= 15 is 0 Å². The van der Waals surface area contributed by atoms with Crippen LogP contribution in [0.4, 0.5) is 0 Å². The number of nitrogens with two attached hydrogens (primary N) is 1. The first-order valence-electron chi connectivity index (χ1n) is 5.34. The van der Waals surface area contributed by atoms with E-state index in [2.05, 4.69) is 10.4 Å². The lowest BCUT2D eigenvalue weighted by molar-refractivity contribution is 0.0953. The van der Waals surface area contributed by atoms with Gasteiger partial charge >= 0.3 is 0 Å². The van der Waals surface area contributed by atoms with Crippen molar-refractivity contribution in [2.45, 2.75) is 17.0 Å². The summed E-state index contributed by atoms with van der Waals surface area (Å²) in [5.41, 5.74) is 4.82. The number of amides is 1. The molecule has 3 N–H and O–H groups in total. The second-order valence-corrected chi connectivity index (χ2v) is 5.80. The average molecular weight is 279 g/mol. The number of hydrogen-bond acceptors (Lipinski definition) is 5. The highest BCUT2D eigenvalue weighted by Gasteiger charge is 2.05. The maximum Gasteiger partial charge on any atom is 0.265 e. The number of hydrogen-bond donors (Lipinski definition) is 2. The van der Waals surface area contributed by atoms with E-state index in [4.69, 9.17) is 5.84 Å². The highest BCUT2D eigenvalue weighted by atomic mass is 32.2. The molecule has 18 heavy (non-hydrogen) atoms. The third kappa shape index (κ3) is 3.32. The number of rotatable bonds is 4. The number of aryl methyl sites for hydroxylation is 1. The van der Waals surface area contributed by atoms with Crippen molar-refractivity contribution in [1.29, 1.82) is 0 Å². The van der Waals surface area contributed by atoms with Gasteiger partial charge in [0.25, 0.3) is 5.91 Å². The number of nitrogens with zero attached hydrogens (tertiary/aromatic N) is 1. The summed E-state index contributed by atoms with van der Waals surface area (Å²) in [5.74, 6) is 5.63. The van der Waals surface area contributed by atoms with Crippen LogP contribution in [0.1, 0.15) is 21.6 Å². The van der Waals surface area contributed by atoms with Crippen molar-refractivity contribution in [1.82, 2.24) is 10.4 Å². The van der Waals surface area contributed by atoms with Crippen LogP contribution in [0.15, 0.2) is 34.0 Å². The molecule has 0 aliphatic rings. The monoisotopic (exact) mass is 279 g/mol. The van der Waals surface area contributed by atoms with Gasteiger partial charge in [-0.3, -0.25) is 10.2 Å². The van der Waals surface area contributed by atoms with E-state index in [1.54, 1.807) is 29.2 Å². The molecule has 2 aromatic rings. The van der Waals surface area contributed by atoms with E-state index < -0.39 is 0 Å². The van der Waals surface area contributed by atoms with Crippen molar-refractivity contribution in [2.75, 3.05) is 0 Å². The van der Waals surface area contributed by atoms with Gasteiger partial charge < -0.3 is 0 Å². The molecule has 0 saturated heterocycles. The Labute approximate surface area is 114 Å². The Morgan fingerprint density at radius 1 is 1.56 bits per heavy atom. The minimum Gasteiger partial charge on any atom is -0.290 e. The lowest BCUT2D eigenvalue weighted by atomic mass is 10.1. The fourth-order valence-corrected chi connectivity index (χ4v) is 3.22. The van der Waals surface area contributed by atoms with Crippen LogP contribution in [-0.2, 0) is 5.75 Å². The van der Waals surface area contributed by atoms with Gasteiger partial charge in [-0.05, 0) is 24.6 Å². The summed E-state index contributed by atoms with van der Waals surface area (Å²) in [6, 6.07) is 7.42. The number of nitrogens with one attached hydrogen (secondary N) is 1. The van der Waals surface area contributed by atoms with Crippen LogP contribution in [0, 0.1) is 6.92 Å². The van der Waals surface area contributed by atoms with Crippen LogP contribution in [0.25, 0.3) is 0 Å². The number of carbonyl (C=O) groups is 1. The van der Waals surface area contributed by atoms with Gasteiger partial charge in [0, 0.05) is 22.4 Å². The van der Waals surface area contributed by atoms with Crippen molar-refractivity contribution < 1.29 is 4.79 Å². The summed E-state index contributed by atoms with van der Waals surface area (Å²) >= 11 is 3.30. The van der Waals surface area contributed by atoms with Gasteiger partial charge in [-0.15, -0.1) is 11.3 Å². The maximum atomic E-state index is 11.4. The second kappa shape index (κ2) is 5.99. The van der Waals surface area contributed by atoms with Crippen LogP contribution in [0.5, 0.6) is 0 Å². The second-order valence-electron chi connectivity index (χ2n) is 3.72. The molecule has 0 aliphatic carbocycles. The van der Waals surface area contributed by atoms with E-state index in [9.17, 15) is 4.79 Å². The zero-order valence-corrected chi connectivity index (χ0v) is 11.5. The van der Waals surface area contributed by atoms with Crippen molar-refractivity contribution in [3.8, 4) is 0 Å². The van der Waals surface area contributed by atoms with E-state index in [0.29, 0.717) is 5.56 Å². The Bertz CT molecular complexity index is 554. The van der Waals surface area contributed by atoms with Gasteiger partial charge in [-0.1, -0.05) is 23.9 Å². The molecular formula is C12H13N3OS2. The molecule has 0 spiro atoms. The fourth-order valence-electron chi connectivity index (χ4n) is 1.43. The largest absolute Gasteiger partial charge is 0.290 e. The van der Waals surface area contributed by atoms with Gasteiger partial charge in [-0.2, -0.15) is 0 Å². The number of carbonyl (C=O) groups excluding carboxylic acids is 1. The molecular weight excluding hydrogens is 266 g/mol. The SMILES string of the molecule is Cc1csc(SCc2cccc(C(=O)NN)c2)n1. The van der Waals surface area contributed by atoms with Crippen molar-refractivity contribution >= 4 is 29.0 Å². The quantitative estimate of drug-likeness (QED) is 0.390. The molecule has 1 aromatic carbocycles. The van der Waals surface area contributed by atoms with Gasteiger partial charge in [0.2, 0.25) is 0 Å². The summed E-state index contributed by atoms with van der Waals surface area (Å²) in [5, 5.41) is 2.03. The molecule has 1 aromatic heterocycles. The number of thiazole rings is 1. The minimum atomic E-state index is -0.271. The van der Waals surface area contributed by atoms with Crippen LogP contribution in [0.2, 0.25) is 0 Å². The molecule has 2 rings (SSSR count). The minimum absolute atomic E-state index is 0.271. The molecule has 0 atom stereocenters. The number of aromatic nitrogens is 1. The Kier molecular flexibility index (Phi) is 4.35. The van der Waals surface area contributed by atoms with E-state index in [1.165, 1.54) is 0 Å². The first-order valence-corrected chi connectivity index (χ1v) is 7.20. The molecule has 0 saturated carbocycles. The highest BCUT2D eigenvalue weighted by Crippen LogP contribution is 2.26. The van der Waals surface area contributed by atoms with E-state index in [-0.39, 0.29) is 5.91 Å². The Morgan fingerprint density at radius 2 is 2.39 bits per heavy atom. The molecule has 94 valence electrons. The van der Waals surface area contributed by atoms with E-state index in [1.807, 2.05) is 30.5 Å². The van der Waals surface area contributed by atoms with Crippen molar-refractivity contribution in [3.05, 3.63) is 46.5 Å². The average Bonchev–Trinajstić information content (AvgIpc) is 2.81. The zero-order chi connectivity index (χ0) is 13.0. The van der Waals surface area contributed by atoms with Crippen molar-refractivity contribution in [3.63, 3.8) is 0 Å². The summed E-state index contributed by atoms with van der Waals surface area (Å²) < 4.78 is 1.04. The first-order chi connectivity index (χ1) is 8.69. The fraction of sp³-hybridized carbons (Fsp3) is 0.167. The van der Waals surface area contributed by atoms with Gasteiger partial charge in [-0.25, -0.2) is 10.8 Å². The Morgan fingerprint density at radius 3 is 3.06 bits per heavy atom. The third-order valence-electron chi connectivity index (χ3n) is 2.28. The predicted molar refractivity (Wildman–Crippen MR) is 74.5 cm³/mol. The van der Waals surface area contributed by atoms with Gasteiger partial charge in [0.1, 0.15) is 4.34 Å². The normalized spacial score (nSPS) is 10.3. The molecule has 4 nitrogen and oxygen atoms in total. The standard InChI is InChI=1S/C12H13N3OS2/c1-8-6-17-12(14-8)18-7-9-3-2-4-10(5-9)11(16)15-13/h2-6H,7,13H2,1H3,(H,15,16). The molecule has 1 heterocycles. The predicted octanol–water partition coefficient (Wildman–Crippen LogP) is 2.35. The van der Waals surface area contributed by atoms with Crippen molar-refractivity contribution in [2.24, 2.45) is 5.84 Å². The van der Waals surface area contributed by atoms with Crippen LogP contribution in [0.3, 0.4) is 0 Å². The third-order valence-corrected chi connectivity index (χ3v) is 4.49.